The van der Waals surface area contributed by atoms with Gasteiger partial charge in [0.15, 0.2) is 5.13 Å². The average Bonchev–Trinajstić information content (AvgIpc) is 3.13. The van der Waals surface area contributed by atoms with Crippen molar-refractivity contribution in [2.45, 2.75) is 12.7 Å². The van der Waals surface area contributed by atoms with Gasteiger partial charge in [-0.2, -0.15) is 13.2 Å². The SMILES string of the molecule is O=C(Cn1cccc(C(F)(F)F)c1=O)N1CCN(c2nc3cccnc3s2)CC1. The number of pyridine rings is 2. The Hall–Kier alpha value is -2.95. The Balaban J connectivity index is 1.41. The minimum Gasteiger partial charge on any atom is -0.344 e. The summed E-state index contributed by atoms with van der Waals surface area (Å²) in [7, 11) is 0. The molecule has 0 spiro atoms. The lowest BCUT2D eigenvalue weighted by Gasteiger charge is -2.34. The summed E-state index contributed by atoms with van der Waals surface area (Å²) >= 11 is 1.47. The van der Waals surface area contributed by atoms with Crippen molar-refractivity contribution >= 4 is 32.7 Å². The Bertz CT molecular complexity index is 1070. The second kappa shape index (κ2) is 7.47. The molecule has 4 heterocycles. The first-order valence-corrected chi connectivity index (χ1v) is 9.65. The molecule has 1 saturated heterocycles. The van der Waals surface area contributed by atoms with Gasteiger partial charge in [0.25, 0.3) is 5.56 Å². The third-order valence-electron chi connectivity index (χ3n) is 4.69. The van der Waals surface area contributed by atoms with Gasteiger partial charge >= 0.3 is 6.18 Å². The van der Waals surface area contributed by atoms with Crippen LogP contribution in [0, 0.1) is 0 Å². The molecule has 3 aromatic rings. The predicted molar refractivity (Wildman–Crippen MR) is 102 cm³/mol. The highest BCUT2D eigenvalue weighted by Gasteiger charge is 2.34. The van der Waals surface area contributed by atoms with E-state index >= 15 is 0 Å². The molecule has 0 unspecified atom stereocenters. The topological polar surface area (TPSA) is 71.3 Å². The van der Waals surface area contributed by atoms with Gasteiger partial charge in [-0.05, 0) is 24.3 Å². The maximum absolute atomic E-state index is 12.9. The first kappa shape index (κ1) is 19.4. The summed E-state index contributed by atoms with van der Waals surface area (Å²) in [5.41, 5.74) is -1.68. The van der Waals surface area contributed by atoms with Gasteiger partial charge in [-0.3, -0.25) is 9.59 Å². The number of halogens is 3. The fourth-order valence-corrected chi connectivity index (χ4v) is 4.12. The monoisotopic (exact) mass is 423 g/mol. The third-order valence-corrected chi connectivity index (χ3v) is 5.73. The number of fused-ring (bicyclic) bond motifs is 1. The molecule has 1 fully saturated rings. The second-order valence-electron chi connectivity index (χ2n) is 6.54. The zero-order valence-electron chi connectivity index (χ0n) is 15.1. The van der Waals surface area contributed by atoms with Crippen molar-refractivity contribution < 1.29 is 18.0 Å². The standard InChI is InChI=1S/C18H16F3N5O2S/c19-18(20,21)12-3-2-6-26(16(12)28)11-14(27)24-7-9-25(10-8-24)17-23-13-4-1-5-22-15(13)29-17/h1-6H,7-11H2. The Kier molecular flexibility index (Phi) is 4.99. The molecule has 1 amide bonds. The fourth-order valence-electron chi connectivity index (χ4n) is 3.16. The predicted octanol–water partition coefficient (Wildman–Crippen LogP) is 2.22. The number of amides is 1. The summed E-state index contributed by atoms with van der Waals surface area (Å²) in [6, 6.07) is 5.54. The van der Waals surface area contributed by atoms with Crippen molar-refractivity contribution in [1.29, 1.82) is 0 Å². The molecule has 0 bridgehead atoms. The van der Waals surface area contributed by atoms with Crippen LogP contribution in [0.1, 0.15) is 5.56 Å². The van der Waals surface area contributed by atoms with Crippen LogP contribution in [0.15, 0.2) is 41.5 Å². The lowest BCUT2D eigenvalue weighted by molar-refractivity contribution is -0.139. The quantitative estimate of drug-likeness (QED) is 0.646. The van der Waals surface area contributed by atoms with Crippen LogP contribution in [0.3, 0.4) is 0 Å². The Morgan fingerprint density at radius 2 is 1.90 bits per heavy atom. The van der Waals surface area contributed by atoms with Crippen molar-refractivity contribution in [2.24, 2.45) is 0 Å². The molecule has 0 saturated carbocycles. The highest BCUT2D eigenvalue weighted by molar-refractivity contribution is 7.21. The van der Waals surface area contributed by atoms with Crippen LogP contribution in [0.4, 0.5) is 18.3 Å². The molecule has 0 N–H and O–H groups in total. The van der Waals surface area contributed by atoms with E-state index in [0.717, 1.165) is 32.2 Å². The van der Waals surface area contributed by atoms with Gasteiger partial charge in [-0.25, -0.2) is 9.97 Å². The second-order valence-corrected chi connectivity index (χ2v) is 7.50. The molecule has 0 aliphatic carbocycles. The summed E-state index contributed by atoms with van der Waals surface area (Å²) in [4.78, 5) is 37.8. The maximum Gasteiger partial charge on any atom is 0.421 e. The van der Waals surface area contributed by atoms with Gasteiger partial charge in [-0.1, -0.05) is 11.3 Å². The van der Waals surface area contributed by atoms with E-state index in [2.05, 4.69) is 9.97 Å². The van der Waals surface area contributed by atoms with E-state index in [4.69, 9.17) is 0 Å². The van der Waals surface area contributed by atoms with Crippen molar-refractivity contribution in [3.8, 4) is 0 Å². The largest absolute Gasteiger partial charge is 0.421 e. The molecule has 152 valence electrons. The zero-order valence-corrected chi connectivity index (χ0v) is 15.9. The van der Waals surface area contributed by atoms with Crippen molar-refractivity contribution in [1.82, 2.24) is 19.4 Å². The first-order valence-electron chi connectivity index (χ1n) is 8.84. The molecule has 7 nitrogen and oxygen atoms in total. The molecule has 4 rings (SSSR count). The number of hydrogen-bond acceptors (Lipinski definition) is 6. The molecular weight excluding hydrogens is 407 g/mol. The van der Waals surface area contributed by atoms with Crippen LogP contribution >= 0.6 is 11.3 Å². The molecule has 1 aliphatic rings. The smallest absolute Gasteiger partial charge is 0.344 e. The van der Waals surface area contributed by atoms with Crippen LogP contribution in [-0.2, 0) is 17.5 Å². The Labute approximate surface area is 167 Å². The molecule has 0 aromatic carbocycles. The Morgan fingerprint density at radius 1 is 1.14 bits per heavy atom. The van der Waals surface area contributed by atoms with Crippen LogP contribution in [0.2, 0.25) is 0 Å². The first-order chi connectivity index (χ1) is 13.8. The third kappa shape index (κ3) is 3.95. The van der Waals surface area contributed by atoms with Crippen molar-refractivity contribution in [2.75, 3.05) is 31.1 Å². The van der Waals surface area contributed by atoms with Crippen LogP contribution in [0.5, 0.6) is 0 Å². The van der Waals surface area contributed by atoms with Crippen LogP contribution < -0.4 is 10.5 Å². The van der Waals surface area contributed by atoms with E-state index in [1.807, 2.05) is 17.0 Å². The summed E-state index contributed by atoms with van der Waals surface area (Å²) in [5, 5.41) is 0.819. The molecular formula is C18H16F3N5O2S. The van der Waals surface area contributed by atoms with Gasteiger partial charge < -0.3 is 14.4 Å². The lowest BCUT2D eigenvalue weighted by atomic mass is 10.2. The number of rotatable bonds is 3. The van der Waals surface area contributed by atoms with E-state index in [-0.39, 0.29) is 0 Å². The molecule has 11 heteroatoms. The fraction of sp³-hybridized carbons (Fsp3) is 0.333. The number of aromatic nitrogens is 3. The normalized spacial score (nSPS) is 15.1. The minimum absolute atomic E-state index is 0.392. The highest BCUT2D eigenvalue weighted by Crippen LogP contribution is 2.28. The van der Waals surface area contributed by atoms with E-state index in [1.165, 1.54) is 17.5 Å². The molecule has 0 atom stereocenters. The molecule has 1 aliphatic heterocycles. The van der Waals surface area contributed by atoms with Crippen LogP contribution in [0.25, 0.3) is 10.3 Å². The zero-order chi connectivity index (χ0) is 20.6. The summed E-state index contributed by atoms with van der Waals surface area (Å²) in [6.07, 6.45) is -1.85. The maximum atomic E-state index is 12.9. The lowest BCUT2D eigenvalue weighted by Crippen LogP contribution is -2.50. The van der Waals surface area contributed by atoms with Crippen molar-refractivity contribution in [3.63, 3.8) is 0 Å². The Morgan fingerprint density at radius 3 is 2.59 bits per heavy atom. The number of alkyl halides is 3. The summed E-state index contributed by atoms with van der Waals surface area (Å²) < 4.78 is 39.4. The summed E-state index contributed by atoms with van der Waals surface area (Å²) in [6.45, 7) is 1.46. The van der Waals surface area contributed by atoms with Gasteiger partial charge in [0.05, 0.1) is 0 Å². The van der Waals surface area contributed by atoms with Gasteiger partial charge in [0.2, 0.25) is 5.91 Å². The van der Waals surface area contributed by atoms with Gasteiger partial charge in [0, 0.05) is 38.6 Å². The highest BCUT2D eigenvalue weighted by atomic mass is 32.1. The van der Waals surface area contributed by atoms with Gasteiger partial charge in [-0.15, -0.1) is 0 Å². The van der Waals surface area contributed by atoms with Gasteiger partial charge in [0.1, 0.15) is 22.5 Å². The summed E-state index contributed by atoms with van der Waals surface area (Å²) in [5.74, 6) is -0.392. The number of nitrogens with zero attached hydrogens (tertiary/aromatic N) is 5. The molecule has 3 aromatic heterocycles. The molecule has 0 radical (unpaired) electrons. The average molecular weight is 423 g/mol. The van der Waals surface area contributed by atoms with Crippen molar-refractivity contribution in [3.05, 3.63) is 52.6 Å². The number of hydrogen-bond donors (Lipinski definition) is 0. The minimum atomic E-state index is -4.75. The van der Waals surface area contributed by atoms with E-state index in [9.17, 15) is 22.8 Å². The number of anilines is 1. The number of piperazine rings is 1. The number of carbonyl (C=O) groups excluding carboxylic acids is 1. The van der Waals surface area contributed by atoms with Crippen LogP contribution in [-0.4, -0.2) is 51.5 Å². The van der Waals surface area contributed by atoms with E-state index in [0.29, 0.717) is 26.2 Å². The van der Waals surface area contributed by atoms with E-state index < -0.39 is 29.8 Å². The number of thiazole rings is 1. The van der Waals surface area contributed by atoms with E-state index in [1.54, 1.807) is 11.1 Å². The number of carbonyl (C=O) groups is 1. The molecule has 29 heavy (non-hydrogen) atoms.